The summed E-state index contributed by atoms with van der Waals surface area (Å²) in [6, 6.07) is 0.563. The van der Waals surface area contributed by atoms with Gasteiger partial charge in [-0.3, -0.25) is 9.89 Å². The molecule has 0 aromatic rings. The summed E-state index contributed by atoms with van der Waals surface area (Å²) in [7, 11) is 1.89. The van der Waals surface area contributed by atoms with Crippen LogP contribution in [0.1, 0.15) is 38.5 Å². The van der Waals surface area contributed by atoms with Gasteiger partial charge in [0, 0.05) is 39.3 Å². The number of hydrogen-bond donors (Lipinski definition) is 2. The van der Waals surface area contributed by atoms with Crippen LogP contribution in [-0.4, -0.2) is 50.1 Å². The summed E-state index contributed by atoms with van der Waals surface area (Å²) in [5, 5.41) is 7.23. The molecule has 4 heteroatoms. The van der Waals surface area contributed by atoms with E-state index < -0.39 is 0 Å². The molecular weight excluding hydrogens is 272 g/mol. The molecule has 1 saturated heterocycles. The molecule has 0 unspecified atom stereocenters. The molecule has 2 saturated carbocycles. The number of likely N-dealkylation sites (tertiary alicyclic amines) is 1. The summed E-state index contributed by atoms with van der Waals surface area (Å²) in [5.41, 5.74) is 0. The Bertz CT molecular complexity index is 378. The lowest BCUT2D eigenvalue weighted by Crippen LogP contribution is -2.49. The first-order chi connectivity index (χ1) is 10.8. The van der Waals surface area contributed by atoms with Gasteiger partial charge in [0.15, 0.2) is 5.96 Å². The highest BCUT2D eigenvalue weighted by Gasteiger charge is 2.41. The highest BCUT2D eigenvalue weighted by Crippen LogP contribution is 2.48. The molecule has 3 aliphatic rings. The molecule has 0 atom stereocenters. The first-order valence-corrected chi connectivity index (χ1v) is 9.10. The average molecular weight is 304 g/mol. The number of hydrogen-bond acceptors (Lipinski definition) is 2. The molecule has 4 nitrogen and oxygen atoms in total. The van der Waals surface area contributed by atoms with E-state index in [2.05, 4.69) is 27.1 Å². The molecular formula is C18H32N4. The number of rotatable bonds is 7. The zero-order chi connectivity index (χ0) is 15.4. The number of guanidine groups is 1. The minimum absolute atomic E-state index is 0.563. The summed E-state index contributed by atoms with van der Waals surface area (Å²) in [4.78, 5) is 6.90. The molecule has 22 heavy (non-hydrogen) atoms. The van der Waals surface area contributed by atoms with Crippen LogP contribution in [0.3, 0.4) is 0 Å². The zero-order valence-corrected chi connectivity index (χ0v) is 14.1. The van der Waals surface area contributed by atoms with Crippen molar-refractivity contribution in [2.75, 3.05) is 33.2 Å². The lowest BCUT2D eigenvalue weighted by molar-refractivity contribution is 0.225. The van der Waals surface area contributed by atoms with E-state index in [0.717, 1.165) is 49.9 Å². The van der Waals surface area contributed by atoms with Gasteiger partial charge in [-0.05, 0) is 56.3 Å². The van der Waals surface area contributed by atoms with E-state index in [-0.39, 0.29) is 0 Å². The molecule has 0 amide bonds. The Morgan fingerprint density at radius 2 is 1.82 bits per heavy atom. The maximum atomic E-state index is 4.43. The Labute approximate surface area is 135 Å². The first-order valence-electron chi connectivity index (χ1n) is 9.10. The number of nitrogens with one attached hydrogen (secondary N) is 2. The van der Waals surface area contributed by atoms with Crippen LogP contribution in [0.4, 0.5) is 0 Å². The van der Waals surface area contributed by atoms with Crippen LogP contribution < -0.4 is 10.6 Å². The predicted molar refractivity (Wildman–Crippen MR) is 93.1 cm³/mol. The molecule has 1 aliphatic heterocycles. The Morgan fingerprint density at radius 3 is 2.32 bits per heavy atom. The summed E-state index contributed by atoms with van der Waals surface area (Å²) in [6.45, 7) is 8.28. The molecule has 2 aliphatic carbocycles. The van der Waals surface area contributed by atoms with Crippen LogP contribution >= 0.6 is 0 Å². The lowest BCUT2D eigenvalue weighted by atomic mass is 9.98. The molecule has 0 aromatic heterocycles. The standard InChI is InChI=1S/C18H32N4/c1-3-10-22-11-8-16(9-12-22)21-18(19-2)20-13-17(14-4-5-14)15-6-7-15/h3,14-17H,1,4-13H2,2H3,(H2,19,20,21). The minimum Gasteiger partial charge on any atom is -0.356 e. The highest BCUT2D eigenvalue weighted by molar-refractivity contribution is 5.80. The third kappa shape index (κ3) is 4.48. The second kappa shape index (κ2) is 7.49. The van der Waals surface area contributed by atoms with Gasteiger partial charge in [-0.2, -0.15) is 0 Å². The summed E-state index contributed by atoms with van der Waals surface area (Å²) in [5.74, 6) is 3.90. The summed E-state index contributed by atoms with van der Waals surface area (Å²) in [6.07, 6.45) is 10.2. The van der Waals surface area contributed by atoms with Crippen LogP contribution in [0.25, 0.3) is 0 Å². The Hall–Kier alpha value is -1.03. The molecule has 124 valence electrons. The van der Waals surface area contributed by atoms with E-state index in [9.17, 15) is 0 Å². The molecule has 0 radical (unpaired) electrons. The van der Waals surface area contributed by atoms with Crippen molar-refractivity contribution in [2.24, 2.45) is 22.7 Å². The first kappa shape index (κ1) is 15.9. The van der Waals surface area contributed by atoms with Crippen molar-refractivity contribution in [3.63, 3.8) is 0 Å². The van der Waals surface area contributed by atoms with Crippen molar-refractivity contribution >= 4 is 5.96 Å². The van der Waals surface area contributed by atoms with Crippen LogP contribution in [0, 0.1) is 17.8 Å². The van der Waals surface area contributed by atoms with Crippen LogP contribution in [0.15, 0.2) is 17.6 Å². The van der Waals surface area contributed by atoms with Gasteiger partial charge in [0.2, 0.25) is 0 Å². The van der Waals surface area contributed by atoms with E-state index in [1.807, 2.05) is 13.1 Å². The highest BCUT2D eigenvalue weighted by atomic mass is 15.2. The van der Waals surface area contributed by atoms with E-state index in [1.54, 1.807) is 0 Å². The van der Waals surface area contributed by atoms with Gasteiger partial charge in [0.1, 0.15) is 0 Å². The Balaban J connectivity index is 1.39. The van der Waals surface area contributed by atoms with Crippen molar-refractivity contribution in [1.82, 2.24) is 15.5 Å². The van der Waals surface area contributed by atoms with Gasteiger partial charge in [-0.25, -0.2) is 0 Å². The molecule has 3 fully saturated rings. The SMILES string of the molecule is C=CCN1CCC(NC(=NC)NCC(C2CC2)C2CC2)CC1. The zero-order valence-electron chi connectivity index (χ0n) is 14.1. The van der Waals surface area contributed by atoms with Crippen LogP contribution in [-0.2, 0) is 0 Å². The number of piperidine rings is 1. The van der Waals surface area contributed by atoms with Gasteiger partial charge in [0.25, 0.3) is 0 Å². The number of aliphatic imine (C=N–C) groups is 1. The minimum atomic E-state index is 0.563. The lowest BCUT2D eigenvalue weighted by Gasteiger charge is -2.32. The maximum absolute atomic E-state index is 4.43. The van der Waals surface area contributed by atoms with Crippen molar-refractivity contribution in [3.8, 4) is 0 Å². The summed E-state index contributed by atoms with van der Waals surface area (Å²) >= 11 is 0. The molecule has 0 aromatic carbocycles. The Kier molecular flexibility index (Phi) is 5.40. The molecule has 0 spiro atoms. The smallest absolute Gasteiger partial charge is 0.191 e. The topological polar surface area (TPSA) is 39.7 Å². The Morgan fingerprint density at radius 1 is 1.18 bits per heavy atom. The summed E-state index contributed by atoms with van der Waals surface area (Å²) < 4.78 is 0. The molecule has 0 bridgehead atoms. The van der Waals surface area contributed by atoms with Gasteiger partial charge in [0.05, 0.1) is 0 Å². The second-order valence-corrected chi connectivity index (χ2v) is 7.30. The third-order valence-electron chi connectivity index (χ3n) is 5.50. The molecule has 1 heterocycles. The normalized spacial score (nSPS) is 24.5. The van der Waals surface area contributed by atoms with Gasteiger partial charge >= 0.3 is 0 Å². The predicted octanol–water partition coefficient (Wildman–Crippen LogP) is 2.24. The third-order valence-corrected chi connectivity index (χ3v) is 5.50. The van der Waals surface area contributed by atoms with Crippen LogP contribution in [0.5, 0.6) is 0 Å². The van der Waals surface area contributed by atoms with Crippen molar-refractivity contribution < 1.29 is 0 Å². The van der Waals surface area contributed by atoms with Gasteiger partial charge in [-0.1, -0.05) is 6.08 Å². The largest absolute Gasteiger partial charge is 0.356 e. The second-order valence-electron chi connectivity index (χ2n) is 7.30. The monoisotopic (exact) mass is 304 g/mol. The van der Waals surface area contributed by atoms with Crippen molar-refractivity contribution in [1.29, 1.82) is 0 Å². The van der Waals surface area contributed by atoms with Crippen molar-refractivity contribution in [3.05, 3.63) is 12.7 Å². The van der Waals surface area contributed by atoms with E-state index >= 15 is 0 Å². The van der Waals surface area contributed by atoms with Gasteiger partial charge < -0.3 is 10.6 Å². The fourth-order valence-electron chi connectivity index (χ4n) is 3.81. The molecule has 2 N–H and O–H groups in total. The molecule has 3 rings (SSSR count). The van der Waals surface area contributed by atoms with Gasteiger partial charge in [-0.15, -0.1) is 6.58 Å². The quantitative estimate of drug-likeness (QED) is 0.430. The van der Waals surface area contributed by atoms with E-state index in [1.165, 1.54) is 38.5 Å². The maximum Gasteiger partial charge on any atom is 0.191 e. The fraction of sp³-hybridized carbons (Fsp3) is 0.833. The fourth-order valence-corrected chi connectivity index (χ4v) is 3.81. The van der Waals surface area contributed by atoms with E-state index in [4.69, 9.17) is 0 Å². The average Bonchev–Trinajstić information content (AvgIpc) is 3.42. The number of nitrogens with zero attached hydrogens (tertiary/aromatic N) is 2. The van der Waals surface area contributed by atoms with Crippen LogP contribution in [0.2, 0.25) is 0 Å². The van der Waals surface area contributed by atoms with E-state index in [0.29, 0.717) is 6.04 Å². The van der Waals surface area contributed by atoms with Crippen molar-refractivity contribution in [2.45, 2.75) is 44.6 Å².